The Morgan fingerprint density at radius 2 is 2.06 bits per heavy atom. The van der Waals surface area contributed by atoms with Gasteiger partial charge in [-0.15, -0.1) is 0 Å². The molecule has 1 aliphatic rings. The van der Waals surface area contributed by atoms with Gasteiger partial charge < -0.3 is 19.9 Å². The van der Waals surface area contributed by atoms with Gasteiger partial charge in [-0.25, -0.2) is 4.79 Å². The van der Waals surface area contributed by atoms with E-state index in [0.29, 0.717) is 5.75 Å². The van der Waals surface area contributed by atoms with E-state index in [1.807, 2.05) is 6.07 Å². The number of aliphatic carboxylic acids is 1. The maximum absolute atomic E-state index is 11.0. The van der Waals surface area contributed by atoms with Crippen molar-refractivity contribution < 1.29 is 24.2 Å². The highest BCUT2D eigenvalue weighted by Gasteiger charge is 2.45. The molecular weight excluding hydrogens is 226 g/mol. The van der Waals surface area contributed by atoms with Crippen LogP contribution in [0.25, 0.3) is 0 Å². The van der Waals surface area contributed by atoms with Crippen LogP contribution >= 0.6 is 0 Å². The summed E-state index contributed by atoms with van der Waals surface area (Å²) in [6.07, 6.45) is -0.976. The zero-order valence-corrected chi connectivity index (χ0v) is 8.83. The summed E-state index contributed by atoms with van der Waals surface area (Å²) < 4.78 is 10.2. The number of rotatable bonds is 5. The van der Waals surface area contributed by atoms with Gasteiger partial charge in [0.15, 0.2) is 18.9 Å². The largest absolute Gasteiger partial charge is 0.480 e. The Morgan fingerprint density at radius 1 is 1.35 bits per heavy atom. The van der Waals surface area contributed by atoms with Crippen LogP contribution in [0.1, 0.15) is 0 Å². The van der Waals surface area contributed by atoms with Gasteiger partial charge in [0.25, 0.3) is 5.91 Å². The molecule has 2 unspecified atom stereocenters. The molecule has 2 atom stereocenters. The Labute approximate surface area is 97.1 Å². The van der Waals surface area contributed by atoms with Gasteiger partial charge >= 0.3 is 5.97 Å². The summed E-state index contributed by atoms with van der Waals surface area (Å²) in [5, 5.41) is 10.9. The average Bonchev–Trinajstić information content (AvgIpc) is 2.32. The van der Waals surface area contributed by atoms with Gasteiger partial charge in [0, 0.05) is 0 Å². The van der Waals surface area contributed by atoms with Gasteiger partial charge in [-0.3, -0.25) is 4.79 Å². The molecule has 2 rings (SSSR count). The van der Waals surface area contributed by atoms with Crippen LogP contribution in [0.15, 0.2) is 30.3 Å². The molecule has 1 amide bonds. The molecule has 17 heavy (non-hydrogen) atoms. The fraction of sp³-hybridized carbons (Fsp3) is 0.273. The number of hydrogen-bond acceptors (Lipinski definition) is 4. The molecular formula is C11H11NO5. The lowest BCUT2D eigenvalue weighted by Crippen LogP contribution is -2.66. The van der Waals surface area contributed by atoms with E-state index in [0.717, 1.165) is 0 Å². The zero-order chi connectivity index (χ0) is 12.3. The number of para-hydroxylation sites is 1. The van der Waals surface area contributed by atoms with Gasteiger partial charge in [-0.1, -0.05) is 18.2 Å². The number of carbonyl (C=O) groups is 2. The minimum absolute atomic E-state index is 0.161. The van der Waals surface area contributed by atoms with Crippen molar-refractivity contribution in [3.63, 3.8) is 0 Å². The van der Waals surface area contributed by atoms with E-state index in [1.165, 1.54) is 0 Å². The van der Waals surface area contributed by atoms with Crippen molar-refractivity contribution in [1.82, 2.24) is 5.32 Å². The van der Waals surface area contributed by atoms with Crippen molar-refractivity contribution in [3.8, 4) is 5.75 Å². The number of amides is 1. The first-order chi connectivity index (χ1) is 8.18. The first-order valence-electron chi connectivity index (χ1n) is 5.01. The second-order valence-electron chi connectivity index (χ2n) is 3.49. The van der Waals surface area contributed by atoms with Crippen LogP contribution in [0, 0.1) is 0 Å². The molecule has 1 aliphatic heterocycles. The molecule has 1 aromatic rings. The summed E-state index contributed by atoms with van der Waals surface area (Å²) in [4.78, 5) is 21.7. The minimum atomic E-state index is -1.12. The molecule has 1 fully saturated rings. The number of hydrogen-bond donors (Lipinski definition) is 2. The highest BCUT2D eigenvalue weighted by Crippen LogP contribution is 2.13. The maximum Gasteiger partial charge on any atom is 0.329 e. The van der Waals surface area contributed by atoms with Crippen molar-refractivity contribution in [1.29, 1.82) is 0 Å². The van der Waals surface area contributed by atoms with Crippen LogP contribution in [-0.2, 0) is 14.3 Å². The van der Waals surface area contributed by atoms with E-state index in [2.05, 4.69) is 5.32 Å². The zero-order valence-electron chi connectivity index (χ0n) is 8.83. The molecule has 0 bridgehead atoms. The number of benzene rings is 1. The van der Waals surface area contributed by atoms with Gasteiger partial charge in [-0.2, -0.15) is 0 Å². The fourth-order valence-corrected chi connectivity index (χ4v) is 1.42. The molecule has 0 radical (unpaired) electrons. The minimum Gasteiger partial charge on any atom is -0.480 e. The molecule has 0 aliphatic carbocycles. The average molecular weight is 237 g/mol. The Morgan fingerprint density at radius 3 is 2.65 bits per heavy atom. The summed E-state index contributed by atoms with van der Waals surface area (Å²) in [5.41, 5.74) is 0. The van der Waals surface area contributed by atoms with E-state index < -0.39 is 24.0 Å². The molecule has 90 valence electrons. The number of β-lactam (4-membered cyclic amide) rings is 1. The topological polar surface area (TPSA) is 84.9 Å². The van der Waals surface area contributed by atoms with Crippen LogP contribution in [0.5, 0.6) is 5.75 Å². The third-order valence-electron chi connectivity index (χ3n) is 2.34. The third kappa shape index (κ3) is 2.54. The van der Waals surface area contributed by atoms with Gasteiger partial charge in [0.05, 0.1) is 0 Å². The predicted octanol–water partition coefficient (Wildman–Crippen LogP) is -0.00890. The van der Waals surface area contributed by atoms with Crippen molar-refractivity contribution in [2.45, 2.75) is 12.1 Å². The number of ether oxygens (including phenoxy) is 2. The van der Waals surface area contributed by atoms with E-state index in [1.54, 1.807) is 24.3 Å². The number of carbonyl (C=O) groups excluding carboxylic acids is 1. The summed E-state index contributed by atoms with van der Waals surface area (Å²) in [7, 11) is 0. The van der Waals surface area contributed by atoms with Crippen LogP contribution in [0.2, 0.25) is 0 Å². The lowest BCUT2D eigenvalue weighted by Gasteiger charge is -2.32. The standard InChI is InChI=1S/C11H11NO5/c13-10-9(8(12-10)11(14)15)17-6-16-7-4-2-1-3-5-7/h1-5,8-9H,6H2,(H,12,13)(H,14,15). The number of nitrogens with one attached hydrogen (secondary N) is 1. The van der Waals surface area contributed by atoms with Crippen molar-refractivity contribution >= 4 is 11.9 Å². The lowest BCUT2D eigenvalue weighted by molar-refractivity contribution is -0.168. The predicted molar refractivity (Wildman–Crippen MR) is 56.4 cm³/mol. The molecule has 0 saturated carbocycles. The Bertz CT molecular complexity index is 419. The quantitative estimate of drug-likeness (QED) is 0.555. The first-order valence-corrected chi connectivity index (χ1v) is 5.01. The van der Waals surface area contributed by atoms with E-state index in [4.69, 9.17) is 14.6 Å². The monoisotopic (exact) mass is 237 g/mol. The molecule has 1 saturated heterocycles. The number of carboxylic acids is 1. The number of carboxylic acid groups (broad SMARTS) is 1. The van der Waals surface area contributed by atoms with Gasteiger partial charge in [-0.05, 0) is 12.1 Å². The van der Waals surface area contributed by atoms with Crippen molar-refractivity contribution in [2.24, 2.45) is 0 Å². The van der Waals surface area contributed by atoms with Crippen LogP contribution < -0.4 is 10.1 Å². The Balaban J connectivity index is 1.79. The van der Waals surface area contributed by atoms with Crippen molar-refractivity contribution in [3.05, 3.63) is 30.3 Å². The summed E-state index contributed by atoms with van der Waals surface area (Å²) >= 11 is 0. The highest BCUT2D eigenvalue weighted by molar-refractivity contribution is 5.98. The second-order valence-corrected chi connectivity index (χ2v) is 3.49. The lowest BCUT2D eigenvalue weighted by atomic mass is 10.0. The second kappa shape index (κ2) is 4.84. The van der Waals surface area contributed by atoms with Gasteiger partial charge in [0.1, 0.15) is 5.75 Å². The molecule has 6 nitrogen and oxygen atoms in total. The summed E-state index contributed by atoms with van der Waals surface area (Å²) in [6, 6.07) is 7.92. The van der Waals surface area contributed by atoms with E-state index in [9.17, 15) is 9.59 Å². The smallest absolute Gasteiger partial charge is 0.329 e. The third-order valence-corrected chi connectivity index (χ3v) is 2.34. The Kier molecular flexibility index (Phi) is 3.24. The maximum atomic E-state index is 11.0. The fourth-order valence-electron chi connectivity index (χ4n) is 1.42. The van der Waals surface area contributed by atoms with Gasteiger partial charge in [0.2, 0.25) is 0 Å². The molecule has 1 heterocycles. The molecule has 0 spiro atoms. The molecule has 2 N–H and O–H groups in total. The SMILES string of the molecule is O=C(O)C1NC(=O)C1OCOc1ccccc1. The van der Waals surface area contributed by atoms with Crippen LogP contribution in [0.3, 0.4) is 0 Å². The molecule has 1 aromatic carbocycles. The van der Waals surface area contributed by atoms with Crippen molar-refractivity contribution in [2.75, 3.05) is 6.79 Å². The highest BCUT2D eigenvalue weighted by atomic mass is 16.7. The van der Waals surface area contributed by atoms with Crippen LogP contribution in [0.4, 0.5) is 0 Å². The normalized spacial score (nSPS) is 22.5. The van der Waals surface area contributed by atoms with E-state index in [-0.39, 0.29) is 6.79 Å². The Hall–Kier alpha value is -2.08. The molecule has 0 aromatic heterocycles. The summed E-state index contributed by atoms with van der Waals surface area (Å²) in [6.45, 7) is -0.161. The molecule has 6 heteroatoms. The van der Waals surface area contributed by atoms with Crippen LogP contribution in [-0.4, -0.2) is 35.9 Å². The summed E-state index contributed by atoms with van der Waals surface area (Å²) in [5.74, 6) is -0.956. The van der Waals surface area contributed by atoms with E-state index >= 15 is 0 Å². The first kappa shape index (κ1) is 11.4.